The number of esters is 2. The molecule has 0 saturated carbocycles. The molecule has 0 aromatic heterocycles. The van der Waals surface area contributed by atoms with Crippen molar-refractivity contribution >= 4 is 23.7 Å². The summed E-state index contributed by atoms with van der Waals surface area (Å²) in [7, 11) is 2.15. The number of carbonyl (C=O) groups is 4. The summed E-state index contributed by atoms with van der Waals surface area (Å²) in [6.45, 7) is 3.44. The molecule has 0 heterocycles. The summed E-state index contributed by atoms with van der Waals surface area (Å²) in [5.41, 5.74) is -2.00. The fourth-order valence-electron chi connectivity index (χ4n) is 2.80. The molecule has 0 amide bonds. The lowest BCUT2D eigenvalue weighted by atomic mass is 9.74. The SMILES string of the molecule is CCCCCCC(CC(CC(=O)O)(C(=O)OC)C(=O)OC)C(C)=O. The highest BCUT2D eigenvalue weighted by molar-refractivity contribution is 6.03. The molecule has 0 bridgehead atoms. The van der Waals surface area contributed by atoms with Gasteiger partial charge >= 0.3 is 17.9 Å². The van der Waals surface area contributed by atoms with Crippen LogP contribution in [0.1, 0.15) is 58.8 Å². The largest absolute Gasteiger partial charge is 0.481 e. The van der Waals surface area contributed by atoms with Gasteiger partial charge in [-0.2, -0.15) is 0 Å². The maximum absolute atomic E-state index is 12.2. The maximum atomic E-state index is 12.2. The number of ketones is 1. The Hall–Kier alpha value is -1.92. The molecule has 0 rings (SSSR count). The standard InChI is InChI=1S/C17H28O7/c1-5-6-7-8-9-13(12(2)18)10-17(11-14(19)20,15(21)23-3)16(22)24-4/h13H,5-11H2,1-4H3,(H,19,20). The molecule has 0 aromatic carbocycles. The van der Waals surface area contributed by atoms with E-state index >= 15 is 0 Å². The van der Waals surface area contributed by atoms with E-state index in [1.54, 1.807) is 0 Å². The van der Waals surface area contributed by atoms with Crippen molar-refractivity contribution in [2.45, 2.75) is 58.8 Å². The normalized spacial score (nSPS) is 12.3. The molecule has 24 heavy (non-hydrogen) atoms. The molecular weight excluding hydrogens is 316 g/mol. The zero-order valence-electron chi connectivity index (χ0n) is 14.9. The Labute approximate surface area is 142 Å². The molecule has 138 valence electrons. The number of methoxy groups -OCH3 is 2. The summed E-state index contributed by atoms with van der Waals surface area (Å²) in [5.74, 6) is -4.10. The first-order chi connectivity index (χ1) is 11.2. The van der Waals surface area contributed by atoms with Crippen LogP contribution in [-0.2, 0) is 28.7 Å². The predicted octanol–water partition coefficient (Wildman–Crippen LogP) is 2.36. The molecule has 0 fully saturated rings. The van der Waals surface area contributed by atoms with Gasteiger partial charge in [-0.1, -0.05) is 32.6 Å². The second-order valence-corrected chi connectivity index (χ2v) is 6.00. The number of hydrogen-bond acceptors (Lipinski definition) is 6. The van der Waals surface area contributed by atoms with Crippen LogP contribution in [0.5, 0.6) is 0 Å². The van der Waals surface area contributed by atoms with Crippen LogP contribution in [0.4, 0.5) is 0 Å². The number of carbonyl (C=O) groups excluding carboxylic acids is 3. The Morgan fingerprint density at radius 2 is 1.54 bits per heavy atom. The summed E-state index contributed by atoms with van der Waals surface area (Å²) >= 11 is 0. The molecule has 0 saturated heterocycles. The third-order valence-corrected chi connectivity index (χ3v) is 4.18. The van der Waals surface area contributed by atoms with Crippen LogP contribution < -0.4 is 0 Å². The summed E-state index contributed by atoms with van der Waals surface area (Å²) in [6, 6.07) is 0. The van der Waals surface area contributed by atoms with E-state index in [1.165, 1.54) is 6.92 Å². The highest BCUT2D eigenvalue weighted by Crippen LogP contribution is 2.36. The van der Waals surface area contributed by atoms with E-state index in [2.05, 4.69) is 16.4 Å². The van der Waals surface area contributed by atoms with Gasteiger partial charge in [-0.25, -0.2) is 0 Å². The minimum Gasteiger partial charge on any atom is -0.481 e. The van der Waals surface area contributed by atoms with Crippen LogP contribution in [-0.4, -0.2) is 43.0 Å². The molecule has 7 heteroatoms. The van der Waals surface area contributed by atoms with Gasteiger partial charge in [-0.05, 0) is 19.8 Å². The van der Waals surface area contributed by atoms with Gasteiger partial charge in [0.25, 0.3) is 0 Å². The first-order valence-electron chi connectivity index (χ1n) is 8.14. The van der Waals surface area contributed by atoms with E-state index in [-0.39, 0.29) is 12.2 Å². The number of aliphatic carboxylic acids is 1. The molecule has 0 aliphatic heterocycles. The molecule has 0 aliphatic carbocycles. The topological polar surface area (TPSA) is 107 Å². The van der Waals surface area contributed by atoms with E-state index < -0.39 is 35.7 Å². The molecule has 0 spiro atoms. The molecule has 1 atom stereocenters. The van der Waals surface area contributed by atoms with E-state index in [9.17, 15) is 19.2 Å². The minimum absolute atomic E-state index is 0.186. The fourth-order valence-corrected chi connectivity index (χ4v) is 2.80. The smallest absolute Gasteiger partial charge is 0.323 e. The Morgan fingerprint density at radius 3 is 1.92 bits per heavy atom. The third kappa shape index (κ3) is 6.29. The number of carboxylic acid groups (broad SMARTS) is 1. The lowest BCUT2D eigenvalue weighted by Gasteiger charge is -2.29. The molecule has 0 radical (unpaired) electrons. The van der Waals surface area contributed by atoms with Gasteiger partial charge in [0.2, 0.25) is 0 Å². The number of hydrogen-bond donors (Lipinski definition) is 1. The zero-order chi connectivity index (χ0) is 18.8. The predicted molar refractivity (Wildman–Crippen MR) is 86.3 cm³/mol. The van der Waals surface area contributed by atoms with Gasteiger partial charge in [0.05, 0.1) is 20.6 Å². The van der Waals surface area contributed by atoms with Crippen molar-refractivity contribution in [2.75, 3.05) is 14.2 Å². The van der Waals surface area contributed by atoms with Gasteiger partial charge in [0, 0.05) is 5.92 Å². The summed E-state index contributed by atoms with van der Waals surface area (Å²) < 4.78 is 9.30. The number of Topliss-reactive ketones (excluding diaryl/α,β-unsaturated/α-hetero) is 1. The van der Waals surface area contributed by atoms with Crippen LogP contribution in [0.15, 0.2) is 0 Å². The van der Waals surface area contributed by atoms with Gasteiger partial charge in [-0.15, -0.1) is 0 Å². The van der Waals surface area contributed by atoms with Crippen LogP contribution in [0.2, 0.25) is 0 Å². The maximum Gasteiger partial charge on any atom is 0.323 e. The van der Waals surface area contributed by atoms with Crippen molar-refractivity contribution in [3.8, 4) is 0 Å². The third-order valence-electron chi connectivity index (χ3n) is 4.18. The number of unbranched alkanes of at least 4 members (excludes halogenated alkanes) is 3. The average molecular weight is 344 g/mol. The monoisotopic (exact) mass is 344 g/mol. The summed E-state index contributed by atoms with van der Waals surface area (Å²) in [4.78, 5) is 47.6. The van der Waals surface area contributed by atoms with Crippen molar-refractivity contribution in [3.63, 3.8) is 0 Å². The first-order valence-corrected chi connectivity index (χ1v) is 8.14. The minimum atomic E-state index is -2.00. The van der Waals surface area contributed by atoms with E-state index in [0.29, 0.717) is 6.42 Å². The quantitative estimate of drug-likeness (QED) is 0.329. The fraction of sp³-hybridized carbons (Fsp3) is 0.765. The molecule has 1 unspecified atom stereocenters. The second-order valence-electron chi connectivity index (χ2n) is 6.00. The van der Waals surface area contributed by atoms with Crippen molar-refractivity contribution in [2.24, 2.45) is 11.3 Å². The average Bonchev–Trinajstić information content (AvgIpc) is 2.54. The zero-order valence-corrected chi connectivity index (χ0v) is 14.9. The molecule has 0 aliphatic rings. The van der Waals surface area contributed by atoms with Crippen LogP contribution in [0.3, 0.4) is 0 Å². The molecule has 0 aromatic rings. The molecule has 7 nitrogen and oxygen atoms in total. The van der Waals surface area contributed by atoms with E-state index in [1.807, 2.05) is 0 Å². The van der Waals surface area contributed by atoms with E-state index in [0.717, 1.165) is 39.9 Å². The van der Waals surface area contributed by atoms with Gasteiger partial charge in [0.15, 0.2) is 5.41 Å². The molecular formula is C17H28O7. The summed E-state index contributed by atoms with van der Waals surface area (Å²) in [6.07, 6.45) is 3.26. The Kier molecular flexibility index (Phi) is 9.92. The Bertz CT molecular complexity index is 440. The first kappa shape index (κ1) is 22.1. The Balaban J connectivity index is 5.49. The van der Waals surface area contributed by atoms with Crippen molar-refractivity contribution < 1.29 is 33.8 Å². The lowest BCUT2D eigenvalue weighted by molar-refractivity contribution is -0.175. The second kappa shape index (κ2) is 10.8. The summed E-state index contributed by atoms with van der Waals surface area (Å²) in [5, 5.41) is 9.13. The van der Waals surface area contributed by atoms with Crippen LogP contribution in [0.25, 0.3) is 0 Å². The van der Waals surface area contributed by atoms with Gasteiger partial charge < -0.3 is 14.6 Å². The highest BCUT2D eigenvalue weighted by atomic mass is 16.5. The van der Waals surface area contributed by atoms with Gasteiger partial charge in [-0.3, -0.25) is 19.2 Å². The van der Waals surface area contributed by atoms with Gasteiger partial charge in [0.1, 0.15) is 5.78 Å². The van der Waals surface area contributed by atoms with Crippen molar-refractivity contribution in [1.82, 2.24) is 0 Å². The van der Waals surface area contributed by atoms with Crippen molar-refractivity contribution in [3.05, 3.63) is 0 Å². The number of carboxylic acids is 1. The number of ether oxygens (including phenoxy) is 2. The lowest BCUT2D eigenvalue weighted by Crippen LogP contribution is -2.45. The number of rotatable bonds is 12. The highest BCUT2D eigenvalue weighted by Gasteiger charge is 2.52. The van der Waals surface area contributed by atoms with Crippen LogP contribution in [0, 0.1) is 11.3 Å². The van der Waals surface area contributed by atoms with Crippen LogP contribution >= 0.6 is 0 Å². The van der Waals surface area contributed by atoms with E-state index in [4.69, 9.17) is 5.11 Å². The molecule has 1 N–H and O–H groups in total. The van der Waals surface area contributed by atoms with Crippen molar-refractivity contribution in [1.29, 1.82) is 0 Å². The Morgan fingerprint density at radius 1 is 1.00 bits per heavy atom.